The Morgan fingerprint density at radius 2 is 2.14 bits per heavy atom. The van der Waals surface area contributed by atoms with Crippen molar-refractivity contribution in [3.05, 3.63) is 41.6 Å². The molecule has 2 aromatic rings. The minimum absolute atomic E-state index is 0.0677. The lowest BCUT2D eigenvalue weighted by molar-refractivity contribution is 0.0621. The number of benzene rings is 1. The highest BCUT2D eigenvalue weighted by Gasteiger charge is 2.28. The number of hydrogen-bond acceptors (Lipinski definition) is 3. The number of carbonyl (C=O) groups excluding carboxylic acids is 1. The van der Waals surface area contributed by atoms with Crippen molar-refractivity contribution in [1.82, 2.24) is 9.88 Å². The first kappa shape index (κ1) is 14.0. The molecule has 2 heterocycles. The summed E-state index contributed by atoms with van der Waals surface area (Å²) in [5.41, 5.74) is 8.40. The van der Waals surface area contributed by atoms with E-state index in [0.29, 0.717) is 5.56 Å². The summed E-state index contributed by atoms with van der Waals surface area (Å²) in [6.45, 7) is 4.74. The Hall–Kier alpha value is -1.94. The number of hydrogen-bond donors (Lipinski definition) is 1. The number of likely N-dealkylation sites (tertiary alicyclic amines) is 1. The van der Waals surface area contributed by atoms with E-state index in [1.54, 1.807) is 0 Å². The zero-order valence-electron chi connectivity index (χ0n) is 12.5. The predicted octanol–water partition coefficient (Wildman–Crippen LogP) is 2.50. The van der Waals surface area contributed by atoms with Crippen molar-refractivity contribution >= 4 is 16.8 Å². The fraction of sp³-hybridized carbons (Fsp3) is 0.412. The van der Waals surface area contributed by atoms with E-state index in [2.05, 4.69) is 11.9 Å². The largest absolute Gasteiger partial charge is 0.336 e. The molecule has 21 heavy (non-hydrogen) atoms. The molecule has 4 nitrogen and oxygen atoms in total. The van der Waals surface area contributed by atoms with E-state index in [4.69, 9.17) is 5.73 Å². The van der Waals surface area contributed by atoms with E-state index < -0.39 is 0 Å². The molecule has 2 atom stereocenters. The van der Waals surface area contributed by atoms with E-state index in [1.807, 2.05) is 42.2 Å². The van der Waals surface area contributed by atoms with Crippen LogP contribution in [0.4, 0.5) is 0 Å². The number of amides is 1. The van der Waals surface area contributed by atoms with Crippen LogP contribution in [-0.2, 0) is 0 Å². The molecule has 110 valence electrons. The maximum absolute atomic E-state index is 12.9. The molecule has 0 unspecified atom stereocenters. The number of aromatic nitrogens is 1. The summed E-state index contributed by atoms with van der Waals surface area (Å²) in [4.78, 5) is 19.4. The molecule has 4 heteroatoms. The Morgan fingerprint density at radius 1 is 1.33 bits per heavy atom. The minimum atomic E-state index is 0.0677. The average Bonchev–Trinajstić information content (AvgIpc) is 2.46. The molecule has 1 aromatic carbocycles. The molecule has 1 fully saturated rings. The van der Waals surface area contributed by atoms with Gasteiger partial charge in [-0.2, -0.15) is 0 Å². The SMILES string of the molecule is Cc1ccc2cccc(C(=O)N3CC[C@H](N)C[C@@H]3C)c2n1. The maximum Gasteiger partial charge on any atom is 0.256 e. The van der Waals surface area contributed by atoms with Gasteiger partial charge in [0.15, 0.2) is 0 Å². The topological polar surface area (TPSA) is 59.2 Å². The molecule has 0 aliphatic carbocycles. The number of rotatable bonds is 1. The number of carbonyl (C=O) groups is 1. The van der Waals surface area contributed by atoms with Crippen LogP contribution in [-0.4, -0.2) is 34.4 Å². The summed E-state index contributed by atoms with van der Waals surface area (Å²) in [5.74, 6) is 0.0677. The van der Waals surface area contributed by atoms with Crippen molar-refractivity contribution in [2.45, 2.75) is 38.8 Å². The third-order valence-corrected chi connectivity index (χ3v) is 4.27. The molecule has 1 saturated heterocycles. The van der Waals surface area contributed by atoms with Crippen molar-refractivity contribution in [2.24, 2.45) is 5.73 Å². The van der Waals surface area contributed by atoms with Crippen LogP contribution in [0.25, 0.3) is 10.9 Å². The molecule has 0 radical (unpaired) electrons. The van der Waals surface area contributed by atoms with E-state index in [0.717, 1.165) is 36.0 Å². The first-order chi connectivity index (χ1) is 10.1. The second-order valence-electron chi connectivity index (χ2n) is 5.96. The first-order valence-corrected chi connectivity index (χ1v) is 7.49. The van der Waals surface area contributed by atoms with E-state index in [-0.39, 0.29) is 18.0 Å². The van der Waals surface area contributed by atoms with Gasteiger partial charge in [-0.25, -0.2) is 0 Å². The molecule has 3 rings (SSSR count). The van der Waals surface area contributed by atoms with Crippen molar-refractivity contribution in [3.63, 3.8) is 0 Å². The van der Waals surface area contributed by atoms with Crippen LogP contribution in [0.1, 0.15) is 35.8 Å². The van der Waals surface area contributed by atoms with Gasteiger partial charge in [0.25, 0.3) is 5.91 Å². The van der Waals surface area contributed by atoms with Crippen LogP contribution in [0, 0.1) is 6.92 Å². The zero-order chi connectivity index (χ0) is 15.0. The van der Waals surface area contributed by atoms with Crippen LogP contribution < -0.4 is 5.73 Å². The number of nitrogens with zero attached hydrogens (tertiary/aromatic N) is 2. The van der Waals surface area contributed by atoms with Crippen LogP contribution >= 0.6 is 0 Å². The Labute approximate surface area is 125 Å². The van der Waals surface area contributed by atoms with Gasteiger partial charge in [-0.15, -0.1) is 0 Å². The molecule has 1 aliphatic rings. The summed E-state index contributed by atoms with van der Waals surface area (Å²) in [7, 11) is 0. The minimum Gasteiger partial charge on any atom is -0.336 e. The molecule has 0 spiro atoms. The van der Waals surface area contributed by atoms with Crippen LogP contribution in [0.5, 0.6) is 0 Å². The third kappa shape index (κ3) is 2.63. The van der Waals surface area contributed by atoms with Crippen LogP contribution in [0.15, 0.2) is 30.3 Å². The number of piperidine rings is 1. The third-order valence-electron chi connectivity index (χ3n) is 4.27. The van der Waals surface area contributed by atoms with Crippen molar-refractivity contribution in [1.29, 1.82) is 0 Å². The lowest BCUT2D eigenvalue weighted by Crippen LogP contribution is -2.48. The molecule has 0 saturated carbocycles. The molecule has 2 N–H and O–H groups in total. The number of para-hydroxylation sites is 1. The van der Waals surface area contributed by atoms with Crippen LogP contribution in [0.2, 0.25) is 0 Å². The van der Waals surface area contributed by atoms with Gasteiger partial charge in [0.05, 0.1) is 11.1 Å². The molecule has 1 amide bonds. The fourth-order valence-corrected chi connectivity index (χ4v) is 3.08. The Kier molecular flexibility index (Phi) is 3.64. The van der Waals surface area contributed by atoms with Crippen LogP contribution in [0.3, 0.4) is 0 Å². The summed E-state index contributed by atoms with van der Waals surface area (Å²) in [6, 6.07) is 10.2. The molecular formula is C17H21N3O. The van der Waals surface area contributed by atoms with Gasteiger partial charge in [0.1, 0.15) is 0 Å². The maximum atomic E-state index is 12.9. The fourth-order valence-electron chi connectivity index (χ4n) is 3.08. The lowest BCUT2D eigenvalue weighted by Gasteiger charge is -2.36. The van der Waals surface area contributed by atoms with Gasteiger partial charge in [-0.1, -0.05) is 18.2 Å². The highest BCUT2D eigenvalue weighted by molar-refractivity contribution is 6.05. The van der Waals surface area contributed by atoms with Crippen molar-refractivity contribution in [3.8, 4) is 0 Å². The van der Waals surface area contributed by atoms with Gasteiger partial charge in [-0.3, -0.25) is 9.78 Å². The predicted molar refractivity (Wildman–Crippen MR) is 84.2 cm³/mol. The number of pyridine rings is 1. The zero-order valence-corrected chi connectivity index (χ0v) is 12.5. The smallest absolute Gasteiger partial charge is 0.256 e. The number of nitrogens with two attached hydrogens (primary N) is 1. The summed E-state index contributed by atoms with van der Waals surface area (Å²) in [6.07, 6.45) is 1.73. The monoisotopic (exact) mass is 283 g/mol. The number of aryl methyl sites for hydroxylation is 1. The Morgan fingerprint density at radius 3 is 2.90 bits per heavy atom. The quantitative estimate of drug-likeness (QED) is 0.874. The van der Waals surface area contributed by atoms with Gasteiger partial charge in [-0.05, 0) is 38.8 Å². The summed E-state index contributed by atoms with van der Waals surface area (Å²) >= 11 is 0. The highest BCUT2D eigenvalue weighted by atomic mass is 16.2. The van der Waals surface area contributed by atoms with Gasteiger partial charge in [0, 0.05) is 29.7 Å². The van der Waals surface area contributed by atoms with E-state index in [9.17, 15) is 4.79 Å². The summed E-state index contributed by atoms with van der Waals surface area (Å²) < 4.78 is 0. The summed E-state index contributed by atoms with van der Waals surface area (Å²) in [5, 5.41) is 1.01. The number of fused-ring (bicyclic) bond motifs is 1. The van der Waals surface area contributed by atoms with Gasteiger partial charge in [0.2, 0.25) is 0 Å². The second kappa shape index (κ2) is 5.45. The van der Waals surface area contributed by atoms with E-state index >= 15 is 0 Å². The standard InChI is InChI=1S/C17H21N3O/c1-11-6-7-13-4-3-5-15(16(13)19-11)17(21)20-9-8-14(18)10-12(20)2/h3-7,12,14H,8-10,18H2,1-2H3/t12-,14-/m0/s1. The Bertz CT molecular complexity index is 683. The van der Waals surface area contributed by atoms with Crippen molar-refractivity contribution in [2.75, 3.05) is 6.54 Å². The normalized spacial score (nSPS) is 22.5. The van der Waals surface area contributed by atoms with Gasteiger partial charge < -0.3 is 10.6 Å². The second-order valence-corrected chi connectivity index (χ2v) is 5.96. The molecule has 1 aromatic heterocycles. The lowest BCUT2D eigenvalue weighted by atomic mass is 9.97. The van der Waals surface area contributed by atoms with Gasteiger partial charge >= 0.3 is 0 Å². The molecule has 0 bridgehead atoms. The average molecular weight is 283 g/mol. The van der Waals surface area contributed by atoms with Crippen molar-refractivity contribution < 1.29 is 4.79 Å². The molecular weight excluding hydrogens is 262 g/mol. The van der Waals surface area contributed by atoms with E-state index in [1.165, 1.54) is 0 Å². The Balaban J connectivity index is 2.00. The first-order valence-electron chi connectivity index (χ1n) is 7.49. The highest BCUT2D eigenvalue weighted by Crippen LogP contribution is 2.23. The molecule has 1 aliphatic heterocycles.